The fourth-order valence-electron chi connectivity index (χ4n) is 2.02. The number of pyridine rings is 1. The van der Waals surface area contributed by atoms with Crippen LogP contribution in [-0.2, 0) is 0 Å². The minimum Gasteiger partial charge on any atom is -0.494 e. The number of nitrogens with zero attached hydrogens (tertiary/aromatic N) is 3. The Morgan fingerprint density at radius 2 is 1.50 bits per heavy atom. The average molecular weight is 266 g/mol. The number of hydrogen-bond donors (Lipinski definition) is 1. The standard InChI is InChI=1S/C15H14N4O/c1-2-20-13-5-3-11(4-6-13)14-15(18-19-17-14)12-7-9-16-10-8-12/h3-10H,2H2,1H3,(H,17,18,19). The molecule has 0 aliphatic heterocycles. The third-order valence-electron chi connectivity index (χ3n) is 2.94. The summed E-state index contributed by atoms with van der Waals surface area (Å²) in [5, 5.41) is 11.2. The topological polar surface area (TPSA) is 63.7 Å². The van der Waals surface area contributed by atoms with Crippen LogP contribution in [0.2, 0.25) is 0 Å². The molecule has 3 rings (SSSR count). The number of H-pyrrole nitrogens is 1. The molecular weight excluding hydrogens is 252 g/mol. The van der Waals surface area contributed by atoms with Crippen molar-refractivity contribution in [2.45, 2.75) is 6.92 Å². The number of aromatic amines is 1. The second-order valence-corrected chi connectivity index (χ2v) is 4.21. The lowest BCUT2D eigenvalue weighted by Crippen LogP contribution is -1.91. The first kappa shape index (κ1) is 12.3. The first-order valence-electron chi connectivity index (χ1n) is 6.43. The zero-order valence-corrected chi connectivity index (χ0v) is 11.1. The van der Waals surface area contributed by atoms with E-state index in [1.54, 1.807) is 12.4 Å². The highest BCUT2D eigenvalue weighted by molar-refractivity contribution is 5.77. The molecule has 0 amide bonds. The summed E-state index contributed by atoms with van der Waals surface area (Å²) in [5.74, 6) is 0.852. The van der Waals surface area contributed by atoms with Crippen LogP contribution in [0.15, 0.2) is 48.8 Å². The zero-order chi connectivity index (χ0) is 13.8. The molecule has 2 aromatic heterocycles. The van der Waals surface area contributed by atoms with Gasteiger partial charge in [-0.15, -0.1) is 0 Å². The Labute approximate surface area is 116 Å². The quantitative estimate of drug-likeness (QED) is 0.788. The third-order valence-corrected chi connectivity index (χ3v) is 2.94. The number of aromatic nitrogens is 4. The minimum absolute atomic E-state index is 0.658. The second-order valence-electron chi connectivity index (χ2n) is 4.21. The van der Waals surface area contributed by atoms with E-state index in [1.165, 1.54) is 0 Å². The van der Waals surface area contributed by atoms with Crippen LogP contribution in [0.1, 0.15) is 6.92 Å². The summed E-state index contributed by atoms with van der Waals surface area (Å²) in [5.41, 5.74) is 3.61. The Kier molecular flexibility index (Phi) is 3.41. The van der Waals surface area contributed by atoms with Crippen LogP contribution in [0.3, 0.4) is 0 Å². The van der Waals surface area contributed by atoms with E-state index in [0.717, 1.165) is 28.3 Å². The summed E-state index contributed by atoms with van der Waals surface area (Å²) in [6, 6.07) is 11.7. The van der Waals surface area contributed by atoms with Crippen LogP contribution >= 0.6 is 0 Å². The zero-order valence-electron chi connectivity index (χ0n) is 11.1. The molecule has 1 N–H and O–H groups in total. The van der Waals surface area contributed by atoms with Gasteiger partial charge in [-0.3, -0.25) is 4.98 Å². The number of benzene rings is 1. The van der Waals surface area contributed by atoms with Crippen molar-refractivity contribution in [2.24, 2.45) is 0 Å². The molecule has 5 heteroatoms. The van der Waals surface area contributed by atoms with E-state index in [1.807, 2.05) is 43.3 Å². The predicted molar refractivity (Wildman–Crippen MR) is 76.2 cm³/mol. The summed E-state index contributed by atoms with van der Waals surface area (Å²) in [7, 11) is 0. The van der Waals surface area contributed by atoms with Crippen LogP contribution in [-0.4, -0.2) is 27.0 Å². The van der Waals surface area contributed by atoms with Gasteiger partial charge in [0, 0.05) is 23.5 Å². The Morgan fingerprint density at radius 1 is 0.900 bits per heavy atom. The number of ether oxygens (including phenoxy) is 1. The molecule has 2 heterocycles. The molecule has 0 bridgehead atoms. The van der Waals surface area contributed by atoms with Gasteiger partial charge in [-0.05, 0) is 43.3 Å². The van der Waals surface area contributed by atoms with Gasteiger partial charge >= 0.3 is 0 Å². The molecule has 0 atom stereocenters. The highest BCUT2D eigenvalue weighted by Gasteiger charge is 2.12. The molecule has 100 valence electrons. The maximum Gasteiger partial charge on any atom is 0.120 e. The number of nitrogens with one attached hydrogen (secondary N) is 1. The lowest BCUT2D eigenvalue weighted by molar-refractivity contribution is 0.340. The molecule has 3 aromatic rings. The summed E-state index contributed by atoms with van der Waals surface area (Å²) in [6.45, 7) is 2.62. The van der Waals surface area contributed by atoms with Gasteiger partial charge < -0.3 is 4.74 Å². The molecule has 0 saturated heterocycles. The van der Waals surface area contributed by atoms with Gasteiger partial charge in [0.25, 0.3) is 0 Å². The molecular formula is C15H14N4O. The molecule has 0 saturated carbocycles. The van der Waals surface area contributed by atoms with Crippen LogP contribution in [0, 0.1) is 0 Å². The third kappa shape index (κ3) is 2.38. The van der Waals surface area contributed by atoms with Gasteiger partial charge in [-0.2, -0.15) is 15.4 Å². The molecule has 0 aliphatic rings. The summed E-state index contributed by atoms with van der Waals surface area (Å²) in [4.78, 5) is 4.01. The van der Waals surface area contributed by atoms with Crippen LogP contribution in [0.4, 0.5) is 0 Å². The van der Waals surface area contributed by atoms with Crippen molar-refractivity contribution in [1.82, 2.24) is 20.4 Å². The molecule has 20 heavy (non-hydrogen) atoms. The highest BCUT2D eigenvalue weighted by atomic mass is 16.5. The van der Waals surface area contributed by atoms with E-state index in [2.05, 4.69) is 20.4 Å². The van der Waals surface area contributed by atoms with Crippen molar-refractivity contribution in [1.29, 1.82) is 0 Å². The van der Waals surface area contributed by atoms with E-state index in [-0.39, 0.29) is 0 Å². The summed E-state index contributed by atoms with van der Waals surface area (Å²) < 4.78 is 5.44. The van der Waals surface area contributed by atoms with E-state index >= 15 is 0 Å². The fourth-order valence-corrected chi connectivity index (χ4v) is 2.02. The van der Waals surface area contributed by atoms with Crippen molar-refractivity contribution in [3.05, 3.63) is 48.8 Å². The van der Waals surface area contributed by atoms with Crippen molar-refractivity contribution in [2.75, 3.05) is 6.61 Å². The maximum absolute atomic E-state index is 5.44. The normalized spacial score (nSPS) is 10.4. The van der Waals surface area contributed by atoms with Crippen LogP contribution in [0.25, 0.3) is 22.5 Å². The van der Waals surface area contributed by atoms with Crippen LogP contribution < -0.4 is 4.74 Å². The second kappa shape index (κ2) is 5.52. The Bertz CT molecular complexity index is 677. The smallest absolute Gasteiger partial charge is 0.120 e. The Hall–Kier alpha value is -2.69. The van der Waals surface area contributed by atoms with Gasteiger partial charge in [0.2, 0.25) is 0 Å². The maximum atomic E-state index is 5.44. The van der Waals surface area contributed by atoms with Crippen LogP contribution in [0.5, 0.6) is 5.75 Å². The average Bonchev–Trinajstić information content (AvgIpc) is 2.99. The molecule has 5 nitrogen and oxygen atoms in total. The number of rotatable bonds is 4. The van der Waals surface area contributed by atoms with E-state index < -0.39 is 0 Å². The first-order chi connectivity index (χ1) is 9.88. The van der Waals surface area contributed by atoms with Crippen molar-refractivity contribution >= 4 is 0 Å². The molecule has 0 unspecified atom stereocenters. The fraction of sp³-hybridized carbons (Fsp3) is 0.133. The van der Waals surface area contributed by atoms with Crippen molar-refractivity contribution < 1.29 is 4.74 Å². The van der Waals surface area contributed by atoms with Gasteiger partial charge in [-0.25, -0.2) is 0 Å². The van der Waals surface area contributed by atoms with Crippen molar-refractivity contribution in [3.8, 4) is 28.3 Å². The number of hydrogen-bond acceptors (Lipinski definition) is 4. The summed E-state index contributed by atoms with van der Waals surface area (Å²) in [6.07, 6.45) is 3.48. The predicted octanol–water partition coefficient (Wildman–Crippen LogP) is 2.93. The Morgan fingerprint density at radius 3 is 2.10 bits per heavy atom. The molecule has 0 spiro atoms. The van der Waals surface area contributed by atoms with Gasteiger partial charge in [0.1, 0.15) is 17.1 Å². The molecule has 0 aliphatic carbocycles. The highest BCUT2D eigenvalue weighted by Crippen LogP contribution is 2.28. The SMILES string of the molecule is CCOc1ccc(-c2n[nH]nc2-c2ccncc2)cc1. The molecule has 0 fully saturated rings. The van der Waals surface area contributed by atoms with E-state index in [0.29, 0.717) is 6.61 Å². The minimum atomic E-state index is 0.658. The largest absolute Gasteiger partial charge is 0.494 e. The van der Waals surface area contributed by atoms with Gasteiger partial charge in [0.15, 0.2) is 0 Å². The monoisotopic (exact) mass is 266 g/mol. The van der Waals surface area contributed by atoms with Crippen molar-refractivity contribution in [3.63, 3.8) is 0 Å². The van der Waals surface area contributed by atoms with Gasteiger partial charge in [-0.1, -0.05) is 0 Å². The first-order valence-corrected chi connectivity index (χ1v) is 6.43. The molecule has 1 aromatic carbocycles. The van der Waals surface area contributed by atoms with E-state index in [4.69, 9.17) is 4.74 Å². The van der Waals surface area contributed by atoms with Gasteiger partial charge in [0.05, 0.1) is 6.61 Å². The molecule has 0 radical (unpaired) electrons. The lowest BCUT2D eigenvalue weighted by atomic mass is 10.1. The lowest BCUT2D eigenvalue weighted by Gasteiger charge is -2.04. The Balaban J connectivity index is 1.97. The van der Waals surface area contributed by atoms with E-state index in [9.17, 15) is 0 Å². The summed E-state index contributed by atoms with van der Waals surface area (Å²) >= 11 is 0.